The number of halogens is 1. The van der Waals surface area contributed by atoms with Crippen LogP contribution in [0.3, 0.4) is 0 Å². The minimum absolute atomic E-state index is 0.111. The number of nitrogens with zero attached hydrogens (tertiary/aromatic N) is 5. The Morgan fingerprint density at radius 3 is 2.47 bits per heavy atom. The first-order valence-corrected chi connectivity index (χ1v) is 13.3. The maximum Gasteiger partial charge on any atom is 0.490 e. The number of ether oxygens (including phenoxy) is 1. The van der Waals surface area contributed by atoms with Crippen LogP contribution < -0.4 is 5.73 Å². The van der Waals surface area contributed by atoms with Crippen molar-refractivity contribution in [3.8, 4) is 0 Å². The summed E-state index contributed by atoms with van der Waals surface area (Å²) in [6.07, 6.45) is -6.26. The third-order valence-electron chi connectivity index (χ3n) is 4.30. The van der Waals surface area contributed by atoms with Gasteiger partial charge in [-0.05, 0) is 18.0 Å². The molecule has 1 saturated heterocycles. The van der Waals surface area contributed by atoms with Gasteiger partial charge < -0.3 is 45.2 Å². The molecule has 0 spiro atoms. The molecule has 0 radical (unpaired) electrons. The summed E-state index contributed by atoms with van der Waals surface area (Å²) in [5.74, 6) is -0.111. The first kappa shape index (κ1) is 28.8. The van der Waals surface area contributed by atoms with Gasteiger partial charge in [-0.25, -0.2) is 23.1 Å². The molecule has 23 heteroatoms. The summed E-state index contributed by atoms with van der Waals surface area (Å²) in [6.45, 7) is -1.70. The lowest BCUT2D eigenvalue weighted by atomic mass is 9.93. The number of azide groups is 1. The van der Waals surface area contributed by atoms with Gasteiger partial charge in [-0.3, -0.25) is 4.52 Å². The Kier molecular flexibility index (Phi) is 9.02. The summed E-state index contributed by atoms with van der Waals surface area (Å²) in [6, 6.07) is 0. The number of hydrogen-bond acceptors (Lipinski definition) is 13. The first-order valence-electron chi connectivity index (χ1n) is 8.77. The van der Waals surface area contributed by atoms with E-state index in [-0.39, 0.29) is 5.84 Å². The number of aliphatic hydroxyl groups is 2. The molecule has 0 aromatic heterocycles. The van der Waals surface area contributed by atoms with Crippen LogP contribution in [0.15, 0.2) is 22.4 Å². The summed E-state index contributed by atoms with van der Waals surface area (Å²) in [4.78, 5) is 42.8. The molecule has 1 fully saturated rings. The van der Waals surface area contributed by atoms with Gasteiger partial charge in [-0.15, -0.1) is 0 Å². The van der Waals surface area contributed by atoms with Crippen LogP contribution in [0.4, 0.5) is 4.39 Å². The van der Waals surface area contributed by atoms with E-state index in [9.17, 15) is 38.1 Å². The monoisotopic (exact) mass is 556 g/mol. The molecule has 34 heavy (non-hydrogen) atoms. The molecule has 0 bridgehead atoms. The van der Waals surface area contributed by atoms with E-state index in [1.807, 2.05) is 0 Å². The fraction of sp³-hybridized carbons (Fsp3) is 0.727. The number of amidine groups is 1. The number of aliphatic imine (C=N–C) groups is 1. The molecule has 0 amide bonds. The van der Waals surface area contributed by atoms with E-state index in [4.69, 9.17) is 25.8 Å². The molecule has 7 atom stereocenters. The average Bonchev–Trinajstić information content (AvgIpc) is 2.90. The zero-order chi connectivity index (χ0) is 25.9. The van der Waals surface area contributed by atoms with Crippen molar-refractivity contribution >= 4 is 29.3 Å². The second-order valence-corrected chi connectivity index (χ2v) is 11.1. The predicted octanol–water partition coefficient (Wildman–Crippen LogP) is -0.713. The lowest BCUT2D eigenvalue weighted by Crippen LogP contribution is -2.46. The highest BCUT2D eigenvalue weighted by molar-refractivity contribution is 7.66. The first-order chi connectivity index (χ1) is 15.5. The van der Waals surface area contributed by atoms with Gasteiger partial charge in [-0.2, -0.15) is 8.62 Å². The van der Waals surface area contributed by atoms with Gasteiger partial charge in [0.1, 0.15) is 17.5 Å². The third kappa shape index (κ3) is 7.52. The number of hydrogen-bond donors (Lipinski definition) is 7. The van der Waals surface area contributed by atoms with Crippen molar-refractivity contribution in [2.24, 2.45) is 15.8 Å². The molecule has 0 aromatic rings. The number of phosphoric acid groups is 3. The SMILES string of the molecule is [N-]=[N+]=NCC[C@]1(COP(=O)(O)OP(=O)(O)OP(=O)(O)O)O[C@@H](N2C=CC(N)=NC2O)[C@H](F)[C@@H]1O. The van der Waals surface area contributed by atoms with E-state index in [0.717, 1.165) is 11.1 Å². The number of alkyl halides is 1. The third-order valence-corrected chi connectivity index (χ3v) is 8.08. The molecule has 0 aliphatic carbocycles. The topological polar surface area (TPSA) is 300 Å². The van der Waals surface area contributed by atoms with E-state index in [1.165, 1.54) is 6.08 Å². The Balaban J connectivity index is 2.24. The zero-order valence-corrected chi connectivity index (χ0v) is 19.3. The number of aliphatic hydroxyl groups excluding tert-OH is 2. The molecule has 0 saturated carbocycles. The highest BCUT2D eigenvalue weighted by Gasteiger charge is 2.58. The standard InChI is InChI=1S/C11H20FN6O13P3/c12-7-8(19)11(2-3-15-17-14,29-9(7)18-4-1-6(13)16-10(18)20)5-28-33(24,25)31-34(26,27)30-32(21,22)23/h1,4,7-10,19-20H,2-3,5H2,(H2,13,16)(H,24,25)(H,26,27)(H2,21,22,23)/t7-,8+,9-,10?,11-/m1/s1. The molecule has 19 nitrogen and oxygen atoms in total. The molecular weight excluding hydrogens is 536 g/mol. The summed E-state index contributed by atoms with van der Waals surface area (Å²) < 4.78 is 66.3. The van der Waals surface area contributed by atoms with Gasteiger partial charge in [0.25, 0.3) is 0 Å². The van der Waals surface area contributed by atoms with Gasteiger partial charge >= 0.3 is 23.5 Å². The van der Waals surface area contributed by atoms with Crippen molar-refractivity contribution in [3.05, 3.63) is 22.7 Å². The molecule has 2 heterocycles. The van der Waals surface area contributed by atoms with E-state index in [0.29, 0.717) is 0 Å². The van der Waals surface area contributed by atoms with Crippen LogP contribution in [0.1, 0.15) is 6.42 Å². The highest BCUT2D eigenvalue weighted by atomic mass is 31.3. The van der Waals surface area contributed by atoms with Crippen LogP contribution in [0, 0.1) is 0 Å². The van der Waals surface area contributed by atoms with Gasteiger partial charge in [0.05, 0.1) is 6.61 Å². The molecule has 0 aromatic carbocycles. The van der Waals surface area contributed by atoms with Crippen molar-refractivity contribution in [3.63, 3.8) is 0 Å². The summed E-state index contributed by atoms with van der Waals surface area (Å²) in [7, 11) is -17.1. The fourth-order valence-electron chi connectivity index (χ4n) is 2.92. The van der Waals surface area contributed by atoms with E-state index in [2.05, 4.69) is 28.2 Å². The fourth-order valence-corrected chi connectivity index (χ4v) is 6.00. The van der Waals surface area contributed by atoms with Gasteiger partial charge in [0.15, 0.2) is 12.4 Å². The molecular formula is C11H20FN6O13P3. The highest BCUT2D eigenvalue weighted by Crippen LogP contribution is 2.66. The van der Waals surface area contributed by atoms with Gasteiger partial charge in [0.2, 0.25) is 6.35 Å². The largest absolute Gasteiger partial charge is 0.490 e. The zero-order valence-electron chi connectivity index (χ0n) is 16.7. The van der Waals surface area contributed by atoms with E-state index < -0.39 is 73.5 Å². The maximum atomic E-state index is 15.0. The summed E-state index contributed by atoms with van der Waals surface area (Å²) >= 11 is 0. The quantitative estimate of drug-likeness (QED) is 0.0715. The average molecular weight is 556 g/mol. The van der Waals surface area contributed by atoms with Gasteiger partial charge in [0, 0.05) is 17.7 Å². The van der Waals surface area contributed by atoms with E-state index >= 15 is 0 Å². The van der Waals surface area contributed by atoms with Gasteiger partial charge in [-0.1, -0.05) is 5.11 Å². The van der Waals surface area contributed by atoms with Crippen molar-refractivity contribution < 1.29 is 65.8 Å². The lowest BCUT2D eigenvalue weighted by molar-refractivity contribution is -0.163. The minimum atomic E-state index is -5.84. The Morgan fingerprint density at radius 1 is 1.26 bits per heavy atom. The lowest BCUT2D eigenvalue weighted by Gasteiger charge is -2.35. The molecule has 2 aliphatic heterocycles. The van der Waals surface area contributed by atoms with Crippen LogP contribution in [-0.2, 0) is 31.6 Å². The van der Waals surface area contributed by atoms with Crippen LogP contribution in [0.2, 0.25) is 0 Å². The molecule has 8 N–H and O–H groups in total. The Labute approximate surface area is 189 Å². The number of phosphoric ester groups is 1. The minimum Gasteiger partial charge on any atom is -0.387 e. The van der Waals surface area contributed by atoms with Crippen molar-refractivity contribution in [1.29, 1.82) is 0 Å². The van der Waals surface area contributed by atoms with E-state index in [1.54, 1.807) is 0 Å². The van der Waals surface area contributed by atoms with Crippen LogP contribution in [0.25, 0.3) is 10.4 Å². The Bertz CT molecular complexity index is 1020. The molecule has 2 rings (SSSR count). The van der Waals surface area contributed by atoms with Crippen LogP contribution >= 0.6 is 23.5 Å². The second kappa shape index (κ2) is 10.7. The van der Waals surface area contributed by atoms with Crippen molar-refractivity contribution in [2.45, 2.75) is 36.9 Å². The maximum absolute atomic E-state index is 15.0. The normalized spacial score (nSPS) is 33.0. The number of rotatable bonds is 11. The Hall–Kier alpha value is -1.46. The molecule has 3 unspecified atom stereocenters. The predicted molar refractivity (Wildman–Crippen MR) is 106 cm³/mol. The molecule has 2 aliphatic rings. The smallest absolute Gasteiger partial charge is 0.387 e. The Morgan fingerprint density at radius 2 is 1.91 bits per heavy atom. The second-order valence-electron chi connectivity index (χ2n) is 6.69. The van der Waals surface area contributed by atoms with Crippen LogP contribution in [0.5, 0.6) is 0 Å². The van der Waals surface area contributed by atoms with Crippen molar-refractivity contribution in [1.82, 2.24) is 4.90 Å². The summed E-state index contributed by atoms with van der Waals surface area (Å²) in [5, 5.41) is 23.7. The van der Waals surface area contributed by atoms with Crippen molar-refractivity contribution in [2.75, 3.05) is 13.2 Å². The summed E-state index contributed by atoms with van der Waals surface area (Å²) in [5.41, 5.74) is 11.6. The van der Waals surface area contributed by atoms with Crippen LogP contribution in [-0.4, -0.2) is 84.1 Å². The molecule has 194 valence electrons. The number of nitrogens with two attached hydrogens (primary N) is 1.